The first-order chi connectivity index (χ1) is 6.06. The van der Waals surface area contributed by atoms with E-state index in [0.29, 0.717) is 0 Å². The minimum Gasteiger partial charge on any atom is -0.0651 e. The maximum Gasteiger partial charge on any atom is -0.0207 e. The minimum atomic E-state index is 0.747. The third kappa shape index (κ3) is 0.543. The van der Waals surface area contributed by atoms with E-state index in [0.717, 1.165) is 34.5 Å². The first kappa shape index (κ1) is 8.32. The van der Waals surface area contributed by atoms with Crippen LogP contribution in [-0.4, -0.2) is 0 Å². The predicted molar refractivity (Wildman–Crippen MR) is 55.4 cm³/mol. The Morgan fingerprint density at radius 2 is 1.69 bits per heavy atom. The normalized spacial score (nSPS) is 68.3. The zero-order chi connectivity index (χ0) is 9.43. The van der Waals surface area contributed by atoms with Crippen molar-refractivity contribution in [1.82, 2.24) is 0 Å². The fraction of sp³-hybridized carbons (Fsp3) is 1.00. The molecule has 0 aromatic heterocycles. The van der Waals surface area contributed by atoms with E-state index < -0.39 is 0 Å². The van der Waals surface area contributed by atoms with Crippen LogP contribution in [0, 0.1) is 34.5 Å². The van der Waals surface area contributed by atoms with Crippen molar-refractivity contribution in [2.75, 3.05) is 0 Å². The monoisotopic (exact) mass is 178 g/mol. The molecule has 3 aliphatic carbocycles. The molecule has 6 unspecified atom stereocenters. The van der Waals surface area contributed by atoms with Gasteiger partial charge in [0, 0.05) is 0 Å². The number of fused-ring (bicyclic) bond motifs is 4. The van der Waals surface area contributed by atoms with E-state index in [1.54, 1.807) is 6.42 Å². The molecule has 3 aliphatic rings. The lowest BCUT2D eigenvalue weighted by molar-refractivity contribution is -0.368. The largest absolute Gasteiger partial charge is 0.0651 e. The second-order valence-corrected chi connectivity index (χ2v) is 6.26. The highest BCUT2D eigenvalue weighted by Gasteiger charge is 2.79. The van der Waals surface area contributed by atoms with Crippen LogP contribution in [-0.2, 0) is 0 Å². The summed E-state index contributed by atoms with van der Waals surface area (Å²) in [6.45, 7) is 10.0. The summed E-state index contributed by atoms with van der Waals surface area (Å²) in [6.07, 6.45) is 4.51. The molecule has 0 bridgehead atoms. The first-order valence-corrected chi connectivity index (χ1v) is 6.06. The quantitative estimate of drug-likeness (QED) is 0.574. The molecule has 0 spiro atoms. The zero-order valence-corrected chi connectivity index (χ0v) is 9.43. The summed E-state index contributed by atoms with van der Waals surface area (Å²) in [6, 6.07) is 0. The van der Waals surface area contributed by atoms with Crippen LogP contribution in [0.15, 0.2) is 0 Å². The fourth-order valence-electron chi connectivity index (χ4n) is 5.44. The Kier molecular flexibility index (Phi) is 1.27. The highest BCUT2D eigenvalue weighted by Crippen LogP contribution is 2.85. The third-order valence-electron chi connectivity index (χ3n) is 6.70. The molecule has 0 aliphatic heterocycles. The van der Waals surface area contributed by atoms with Gasteiger partial charge in [-0.15, -0.1) is 0 Å². The molecule has 0 aromatic carbocycles. The lowest BCUT2D eigenvalue weighted by Gasteiger charge is -2.85. The van der Waals surface area contributed by atoms with Gasteiger partial charge in [0.2, 0.25) is 0 Å². The smallest absolute Gasteiger partial charge is 0.0207 e. The molecule has 0 saturated heterocycles. The first-order valence-electron chi connectivity index (χ1n) is 6.06. The van der Waals surface area contributed by atoms with Crippen LogP contribution < -0.4 is 0 Å². The molecular weight excluding hydrogens is 156 g/mol. The van der Waals surface area contributed by atoms with E-state index in [1.165, 1.54) is 12.8 Å². The maximum absolute atomic E-state index is 2.58. The predicted octanol–water partition coefficient (Wildman–Crippen LogP) is 3.71. The highest BCUT2D eigenvalue weighted by atomic mass is 14.8. The average Bonchev–Trinajstić information content (AvgIpc) is 2.13. The molecule has 3 fully saturated rings. The molecule has 0 amide bonds. The number of hydrogen-bond acceptors (Lipinski definition) is 0. The van der Waals surface area contributed by atoms with E-state index in [-0.39, 0.29) is 0 Å². The standard InChI is InChI=1S/C13H22/c1-5-9-7-11-10-6-8(2)12(10,3)13(9,11)4/h8-11H,5-7H2,1-4H3. The van der Waals surface area contributed by atoms with Gasteiger partial charge < -0.3 is 0 Å². The molecule has 0 heteroatoms. The third-order valence-corrected chi connectivity index (χ3v) is 6.70. The Labute approximate surface area is 82.1 Å². The van der Waals surface area contributed by atoms with Gasteiger partial charge in [-0.3, -0.25) is 0 Å². The van der Waals surface area contributed by atoms with Gasteiger partial charge in [0.1, 0.15) is 0 Å². The molecule has 0 aromatic rings. The molecule has 3 rings (SSSR count). The molecule has 3 saturated carbocycles. The van der Waals surface area contributed by atoms with Crippen molar-refractivity contribution in [2.24, 2.45) is 34.5 Å². The Morgan fingerprint density at radius 1 is 1.08 bits per heavy atom. The van der Waals surface area contributed by atoms with Crippen molar-refractivity contribution >= 4 is 0 Å². The molecule has 74 valence electrons. The SMILES string of the molecule is CCC1CC2C3CC(C)C3(C)C12C. The van der Waals surface area contributed by atoms with Gasteiger partial charge in [-0.25, -0.2) is 0 Å². The summed E-state index contributed by atoms with van der Waals surface area (Å²) in [5.74, 6) is 4.31. The van der Waals surface area contributed by atoms with Crippen LogP contribution >= 0.6 is 0 Å². The molecular formula is C13H22. The van der Waals surface area contributed by atoms with Crippen LogP contribution in [0.1, 0.15) is 47.0 Å². The molecule has 0 heterocycles. The number of hydrogen-bond donors (Lipinski definition) is 0. The second-order valence-electron chi connectivity index (χ2n) is 6.26. The average molecular weight is 178 g/mol. The van der Waals surface area contributed by atoms with Crippen molar-refractivity contribution < 1.29 is 0 Å². The van der Waals surface area contributed by atoms with Crippen molar-refractivity contribution in [1.29, 1.82) is 0 Å². The Morgan fingerprint density at radius 3 is 2.23 bits per heavy atom. The lowest BCUT2D eigenvalue weighted by Crippen LogP contribution is -2.79. The Hall–Kier alpha value is 0. The molecule has 13 heavy (non-hydrogen) atoms. The molecule has 0 nitrogen and oxygen atoms in total. The fourth-order valence-corrected chi connectivity index (χ4v) is 5.44. The van der Waals surface area contributed by atoms with Crippen LogP contribution in [0.3, 0.4) is 0 Å². The zero-order valence-electron chi connectivity index (χ0n) is 9.43. The summed E-state index contributed by atoms with van der Waals surface area (Å²) >= 11 is 0. The van der Waals surface area contributed by atoms with Gasteiger partial charge in [-0.1, -0.05) is 34.1 Å². The molecule has 6 atom stereocenters. The van der Waals surface area contributed by atoms with E-state index in [2.05, 4.69) is 27.7 Å². The lowest BCUT2D eigenvalue weighted by atomic mass is 9.20. The summed E-state index contributed by atoms with van der Waals surface area (Å²) in [4.78, 5) is 0. The van der Waals surface area contributed by atoms with Crippen LogP contribution in [0.2, 0.25) is 0 Å². The van der Waals surface area contributed by atoms with Crippen molar-refractivity contribution in [2.45, 2.75) is 47.0 Å². The summed E-state index contributed by atoms with van der Waals surface area (Å²) in [5, 5.41) is 0. The van der Waals surface area contributed by atoms with Gasteiger partial charge in [-0.05, 0) is 47.3 Å². The van der Waals surface area contributed by atoms with Crippen LogP contribution in [0.25, 0.3) is 0 Å². The number of rotatable bonds is 1. The molecule has 0 radical (unpaired) electrons. The Bertz CT molecular complexity index is 251. The van der Waals surface area contributed by atoms with Gasteiger partial charge in [-0.2, -0.15) is 0 Å². The van der Waals surface area contributed by atoms with Gasteiger partial charge in [0.25, 0.3) is 0 Å². The second kappa shape index (κ2) is 1.99. The van der Waals surface area contributed by atoms with Gasteiger partial charge in [0.05, 0.1) is 0 Å². The topological polar surface area (TPSA) is 0 Å². The van der Waals surface area contributed by atoms with E-state index in [4.69, 9.17) is 0 Å². The van der Waals surface area contributed by atoms with Crippen molar-refractivity contribution in [3.8, 4) is 0 Å². The summed E-state index contributed by atoms with van der Waals surface area (Å²) < 4.78 is 0. The van der Waals surface area contributed by atoms with Crippen LogP contribution in [0.5, 0.6) is 0 Å². The van der Waals surface area contributed by atoms with Crippen molar-refractivity contribution in [3.05, 3.63) is 0 Å². The van der Waals surface area contributed by atoms with Gasteiger partial charge in [0.15, 0.2) is 0 Å². The van der Waals surface area contributed by atoms with Crippen molar-refractivity contribution in [3.63, 3.8) is 0 Å². The van der Waals surface area contributed by atoms with E-state index in [1.807, 2.05) is 0 Å². The minimum absolute atomic E-state index is 0.747. The maximum atomic E-state index is 2.58. The molecule has 0 N–H and O–H groups in total. The summed E-state index contributed by atoms with van der Waals surface area (Å²) in [5.41, 5.74) is 1.50. The highest BCUT2D eigenvalue weighted by molar-refractivity contribution is 5.27. The van der Waals surface area contributed by atoms with E-state index >= 15 is 0 Å². The van der Waals surface area contributed by atoms with E-state index in [9.17, 15) is 0 Å². The van der Waals surface area contributed by atoms with Gasteiger partial charge >= 0.3 is 0 Å². The van der Waals surface area contributed by atoms with Crippen LogP contribution in [0.4, 0.5) is 0 Å². The summed E-state index contributed by atoms with van der Waals surface area (Å²) in [7, 11) is 0. The Balaban J connectivity index is 1.91.